The molecule has 1 aliphatic carbocycles. The molecule has 1 saturated carbocycles. The van der Waals surface area contributed by atoms with Crippen LogP contribution in [0.2, 0.25) is 0 Å². The van der Waals surface area contributed by atoms with Crippen molar-refractivity contribution < 1.29 is 9.90 Å². The van der Waals surface area contributed by atoms with E-state index >= 15 is 0 Å². The molecule has 1 aromatic carbocycles. The second-order valence-corrected chi connectivity index (χ2v) is 4.68. The second-order valence-electron chi connectivity index (χ2n) is 4.68. The molecule has 0 bridgehead atoms. The summed E-state index contributed by atoms with van der Waals surface area (Å²) in [6.45, 7) is -0.0600. The van der Waals surface area contributed by atoms with Crippen LogP contribution in [-0.2, 0) is 11.3 Å². The van der Waals surface area contributed by atoms with Gasteiger partial charge in [0, 0.05) is 6.04 Å². The zero-order valence-electron chi connectivity index (χ0n) is 9.97. The summed E-state index contributed by atoms with van der Waals surface area (Å²) in [5.74, 6) is -0.182. The number of aromatic nitrogens is 2. The molecule has 0 unspecified atom stereocenters. The summed E-state index contributed by atoms with van der Waals surface area (Å²) in [7, 11) is 0. The molecule has 2 aromatic rings. The van der Waals surface area contributed by atoms with Gasteiger partial charge in [-0.3, -0.25) is 9.36 Å². The van der Waals surface area contributed by atoms with Gasteiger partial charge >= 0.3 is 5.97 Å². The van der Waals surface area contributed by atoms with Gasteiger partial charge in [-0.15, -0.1) is 0 Å². The highest BCUT2D eigenvalue weighted by Gasteiger charge is 2.20. The maximum atomic E-state index is 11.0. The minimum absolute atomic E-state index is 0.0600. The quantitative estimate of drug-likeness (QED) is 0.865. The molecular formula is C13H15N3O2. The molecule has 1 aliphatic rings. The summed E-state index contributed by atoms with van der Waals surface area (Å²) in [5, 5.41) is 12.3. The predicted octanol–water partition coefficient (Wildman–Crippen LogP) is 2.09. The number of imidazole rings is 1. The average Bonchev–Trinajstić information content (AvgIpc) is 2.62. The van der Waals surface area contributed by atoms with E-state index in [1.807, 2.05) is 24.3 Å². The molecule has 2 N–H and O–H groups in total. The van der Waals surface area contributed by atoms with Crippen LogP contribution in [0.1, 0.15) is 19.3 Å². The topological polar surface area (TPSA) is 67.2 Å². The Morgan fingerprint density at radius 3 is 2.89 bits per heavy atom. The van der Waals surface area contributed by atoms with Crippen LogP contribution in [0.25, 0.3) is 11.0 Å². The van der Waals surface area contributed by atoms with E-state index in [0.29, 0.717) is 12.0 Å². The number of carboxylic acid groups (broad SMARTS) is 1. The molecule has 3 rings (SSSR count). The van der Waals surface area contributed by atoms with E-state index in [9.17, 15) is 4.79 Å². The van der Waals surface area contributed by atoms with E-state index in [2.05, 4.69) is 10.3 Å². The third-order valence-electron chi connectivity index (χ3n) is 3.39. The molecular weight excluding hydrogens is 230 g/mol. The first-order valence-corrected chi connectivity index (χ1v) is 6.17. The van der Waals surface area contributed by atoms with Crippen molar-refractivity contribution in [3.05, 3.63) is 24.3 Å². The number of carboxylic acids is 1. The van der Waals surface area contributed by atoms with Crippen LogP contribution in [-0.4, -0.2) is 26.7 Å². The zero-order chi connectivity index (χ0) is 12.5. The van der Waals surface area contributed by atoms with Crippen molar-refractivity contribution >= 4 is 23.0 Å². The molecule has 0 amide bonds. The standard InChI is InChI=1S/C13H15N3O2/c17-12(18)8-16-11-7-2-1-6-10(11)15-13(16)14-9-4-3-5-9/h1-2,6-7,9H,3-5,8H2,(H,14,15)(H,17,18). The normalized spacial score (nSPS) is 15.6. The van der Waals surface area contributed by atoms with Crippen molar-refractivity contribution in [2.45, 2.75) is 31.8 Å². The van der Waals surface area contributed by atoms with Crippen molar-refractivity contribution in [3.63, 3.8) is 0 Å². The molecule has 1 aromatic heterocycles. The summed E-state index contributed by atoms with van der Waals surface area (Å²) in [5.41, 5.74) is 1.70. The smallest absolute Gasteiger partial charge is 0.323 e. The van der Waals surface area contributed by atoms with Gasteiger partial charge in [0.2, 0.25) is 5.95 Å². The van der Waals surface area contributed by atoms with E-state index in [4.69, 9.17) is 5.11 Å². The van der Waals surface area contributed by atoms with Gasteiger partial charge in [-0.25, -0.2) is 4.98 Å². The van der Waals surface area contributed by atoms with Crippen LogP contribution < -0.4 is 5.32 Å². The molecule has 18 heavy (non-hydrogen) atoms. The highest BCUT2D eigenvalue weighted by atomic mass is 16.4. The predicted molar refractivity (Wildman–Crippen MR) is 68.6 cm³/mol. The number of fused-ring (bicyclic) bond motifs is 1. The first kappa shape index (κ1) is 11.1. The lowest BCUT2D eigenvalue weighted by molar-refractivity contribution is -0.137. The van der Waals surface area contributed by atoms with E-state index in [-0.39, 0.29) is 6.54 Å². The number of benzene rings is 1. The minimum atomic E-state index is -0.852. The lowest BCUT2D eigenvalue weighted by Crippen LogP contribution is -2.29. The number of hydrogen-bond donors (Lipinski definition) is 2. The van der Waals surface area contributed by atoms with E-state index in [1.165, 1.54) is 6.42 Å². The molecule has 0 saturated heterocycles. The van der Waals surface area contributed by atoms with Crippen LogP contribution in [0.5, 0.6) is 0 Å². The van der Waals surface area contributed by atoms with Gasteiger partial charge in [-0.2, -0.15) is 0 Å². The van der Waals surface area contributed by atoms with Gasteiger partial charge in [-0.1, -0.05) is 12.1 Å². The number of carbonyl (C=O) groups is 1. The SMILES string of the molecule is O=C(O)Cn1c(NC2CCC2)nc2ccccc21. The fourth-order valence-electron chi connectivity index (χ4n) is 2.22. The van der Waals surface area contributed by atoms with E-state index in [1.54, 1.807) is 4.57 Å². The lowest BCUT2D eigenvalue weighted by atomic mass is 9.93. The fraction of sp³-hybridized carbons (Fsp3) is 0.385. The second kappa shape index (κ2) is 4.33. The van der Waals surface area contributed by atoms with Crippen molar-refractivity contribution in [1.82, 2.24) is 9.55 Å². The Labute approximate surface area is 104 Å². The molecule has 94 valence electrons. The number of hydrogen-bond acceptors (Lipinski definition) is 3. The summed E-state index contributed by atoms with van der Waals surface area (Å²) < 4.78 is 1.73. The number of para-hydroxylation sites is 2. The van der Waals surface area contributed by atoms with Gasteiger partial charge in [0.25, 0.3) is 0 Å². The number of nitrogens with one attached hydrogen (secondary N) is 1. The van der Waals surface area contributed by atoms with Crippen molar-refractivity contribution in [3.8, 4) is 0 Å². The fourth-order valence-corrected chi connectivity index (χ4v) is 2.22. The number of rotatable bonds is 4. The summed E-state index contributed by atoms with van der Waals surface area (Å²) >= 11 is 0. The van der Waals surface area contributed by atoms with Crippen LogP contribution in [0, 0.1) is 0 Å². The third-order valence-corrected chi connectivity index (χ3v) is 3.39. The Hall–Kier alpha value is -2.04. The molecule has 0 spiro atoms. The number of aliphatic carboxylic acids is 1. The average molecular weight is 245 g/mol. The summed E-state index contributed by atoms with van der Waals surface area (Å²) in [4.78, 5) is 15.4. The van der Waals surface area contributed by atoms with Gasteiger partial charge in [0.15, 0.2) is 0 Å². The monoisotopic (exact) mass is 245 g/mol. The minimum Gasteiger partial charge on any atom is -0.480 e. The van der Waals surface area contributed by atoms with Gasteiger partial charge in [0.05, 0.1) is 11.0 Å². The van der Waals surface area contributed by atoms with Crippen molar-refractivity contribution in [2.24, 2.45) is 0 Å². The Kier molecular flexibility index (Phi) is 2.66. The summed E-state index contributed by atoms with van der Waals surface area (Å²) in [6, 6.07) is 8.05. The summed E-state index contributed by atoms with van der Waals surface area (Å²) in [6.07, 6.45) is 3.50. The lowest BCUT2D eigenvalue weighted by Gasteiger charge is -2.27. The maximum Gasteiger partial charge on any atom is 0.323 e. The first-order chi connectivity index (χ1) is 8.74. The van der Waals surface area contributed by atoms with Gasteiger partial charge in [0.1, 0.15) is 6.54 Å². The van der Waals surface area contributed by atoms with Gasteiger partial charge < -0.3 is 10.4 Å². The first-order valence-electron chi connectivity index (χ1n) is 6.17. The molecule has 1 fully saturated rings. The highest BCUT2D eigenvalue weighted by molar-refractivity contribution is 5.81. The molecule has 1 heterocycles. The molecule has 5 heteroatoms. The van der Waals surface area contributed by atoms with Crippen LogP contribution in [0.4, 0.5) is 5.95 Å². The largest absolute Gasteiger partial charge is 0.480 e. The van der Waals surface area contributed by atoms with E-state index in [0.717, 1.165) is 23.9 Å². The molecule has 0 atom stereocenters. The third kappa shape index (κ3) is 1.92. The van der Waals surface area contributed by atoms with Gasteiger partial charge in [-0.05, 0) is 31.4 Å². The Balaban J connectivity index is 2.01. The Morgan fingerprint density at radius 1 is 1.44 bits per heavy atom. The Morgan fingerprint density at radius 2 is 2.22 bits per heavy atom. The van der Waals surface area contributed by atoms with Crippen LogP contribution >= 0.6 is 0 Å². The number of nitrogens with zero attached hydrogens (tertiary/aromatic N) is 2. The molecule has 0 aliphatic heterocycles. The number of anilines is 1. The molecule has 0 radical (unpaired) electrons. The zero-order valence-corrected chi connectivity index (χ0v) is 9.97. The molecule has 5 nitrogen and oxygen atoms in total. The van der Waals surface area contributed by atoms with Crippen LogP contribution in [0.15, 0.2) is 24.3 Å². The van der Waals surface area contributed by atoms with Crippen molar-refractivity contribution in [1.29, 1.82) is 0 Å². The van der Waals surface area contributed by atoms with Crippen LogP contribution in [0.3, 0.4) is 0 Å². The highest BCUT2D eigenvalue weighted by Crippen LogP contribution is 2.25. The van der Waals surface area contributed by atoms with E-state index < -0.39 is 5.97 Å². The van der Waals surface area contributed by atoms with Crippen molar-refractivity contribution in [2.75, 3.05) is 5.32 Å². The maximum absolute atomic E-state index is 11.0. The Bertz CT molecular complexity index is 587.